The van der Waals surface area contributed by atoms with Crippen LogP contribution in [-0.2, 0) is 61.6 Å². The zero-order chi connectivity index (χ0) is 70.2. The molecule has 0 bridgehead atoms. The van der Waals surface area contributed by atoms with E-state index in [0.29, 0.717) is 32.1 Å². The summed E-state index contributed by atoms with van der Waals surface area (Å²) in [5.74, 6) is -1.80. The molecule has 38 atom stereocenters. The van der Waals surface area contributed by atoms with Crippen LogP contribution < -0.4 is 0 Å². The highest BCUT2D eigenvalue weighted by molar-refractivity contribution is 5.80. The van der Waals surface area contributed by atoms with Crippen LogP contribution >= 0.6 is 0 Å². The summed E-state index contributed by atoms with van der Waals surface area (Å²) in [5, 5.41) is 188. The number of fused-ring (bicyclic) bond motifs is 7. The third kappa shape index (κ3) is 12.7. The smallest absolute Gasteiger partial charge is 0.317 e. The molecular formula is C66H108O30. The van der Waals surface area contributed by atoms with Crippen LogP contribution in [0.3, 0.4) is 0 Å². The van der Waals surface area contributed by atoms with E-state index in [0.717, 1.165) is 18.4 Å². The maximum absolute atomic E-state index is 15.4. The topological polar surface area (TPSA) is 472 Å². The zero-order valence-electron chi connectivity index (χ0n) is 56.3. The van der Waals surface area contributed by atoms with Crippen molar-refractivity contribution < 1.29 is 148 Å². The number of carbonyl (C=O) groups is 1. The van der Waals surface area contributed by atoms with Crippen LogP contribution in [0.2, 0.25) is 0 Å². The van der Waals surface area contributed by atoms with E-state index in [9.17, 15) is 86.8 Å². The summed E-state index contributed by atoms with van der Waals surface area (Å²) in [6, 6.07) is 0. The molecular weight excluding hydrogens is 1270 g/mol. The lowest BCUT2D eigenvalue weighted by Crippen LogP contribution is -2.68. The third-order valence-corrected chi connectivity index (χ3v) is 25.6. The fraction of sp³-hybridized carbons (Fsp3) is 0.955. The first-order chi connectivity index (χ1) is 44.9. The van der Waals surface area contributed by atoms with E-state index < -0.39 is 244 Å². The van der Waals surface area contributed by atoms with Crippen molar-refractivity contribution in [1.29, 1.82) is 0 Å². The molecule has 0 aromatic carbocycles. The Hall–Kier alpha value is -1.91. The second-order valence-corrected chi connectivity index (χ2v) is 31.9. The van der Waals surface area contributed by atoms with E-state index in [2.05, 4.69) is 54.5 Å². The third-order valence-electron chi connectivity index (χ3n) is 25.6. The fourth-order valence-corrected chi connectivity index (χ4v) is 19.2. The molecule has 10 fully saturated rings. The average molecular weight is 1380 g/mol. The van der Waals surface area contributed by atoms with E-state index in [1.165, 1.54) is 6.92 Å². The highest BCUT2D eigenvalue weighted by Crippen LogP contribution is 2.76. The van der Waals surface area contributed by atoms with Crippen molar-refractivity contribution in [3.8, 4) is 0 Å². The number of aliphatic hydroxyl groups excluding tert-OH is 17. The molecule has 6 saturated heterocycles. The lowest BCUT2D eigenvalue weighted by atomic mass is 9.33. The molecule has 0 radical (unpaired) electrons. The number of esters is 1. The Morgan fingerprint density at radius 2 is 1.08 bits per heavy atom. The molecule has 11 aliphatic rings. The Morgan fingerprint density at radius 3 is 1.76 bits per heavy atom. The van der Waals surface area contributed by atoms with E-state index in [4.69, 9.17) is 56.8 Å². The number of ether oxygens (including phenoxy) is 12. The first-order valence-corrected chi connectivity index (χ1v) is 34.4. The van der Waals surface area contributed by atoms with Crippen molar-refractivity contribution >= 4 is 5.97 Å². The largest absolute Gasteiger partial charge is 0.432 e. The van der Waals surface area contributed by atoms with Crippen LogP contribution in [0, 0.1) is 56.2 Å². The Kier molecular flexibility index (Phi) is 21.9. The van der Waals surface area contributed by atoms with Gasteiger partial charge in [0.05, 0.1) is 56.9 Å². The van der Waals surface area contributed by atoms with Gasteiger partial charge in [0.15, 0.2) is 31.5 Å². The van der Waals surface area contributed by atoms with Crippen molar-refractivity contribution in [2.24, 2.45) is 56.2 Å². The maximum atomic E-state index is 15.4. The molecule has 0 amide bonds. The summed E-state index contributed by atoms with van der Waals surface area (Å²) in [6.07, 6.45) is -39.4. The van der Waals surface area contributed by atoms with Crippen LogP contribution in [0.1, 0.15) is 127 Å². The van der Waals surface area contributed by atoms with Crippen molar-refractivity contribution in [1.82, 2.24) is 0 Å². The van der Waals surface area contributed by atoms with Gasteiger partial charge in [0.1, 0.15) is 121 Å². The standard InChI is InChI=1S/C66H108O30/c1-25-26(2)87-55(46(79)38(25)71)93-51-32(22-68)90-54(49(82)45(51)78)86-24-33-42(75)44(77)48(81)57(91-33)96-60(84)66-18-17-61(4,5)19-29(66)28-11-12-35-63(8)15-14-37(62(6,7)34(63)13-16-64(35,9)65(28,10)20-36(66)70)92-59-53(40(73)30(69)23-85-59)95-58-50(83)52(39(72)27(3)88-58)94-56-47(80)43(76)41(74)31(21-67)89-56/h11,25-27,29-59,67-83H,12-24H2,1-10H3. The first-order valence-electron chi connectivity index (χ1n) is 34.4. The second-order valence-electron chi connectivity index (χ2n) is 31.9. The average Bonchev–Trinajstić information content (AvgIpc) is 0.671. The van der Waals surface area contributed by atoms with Crippen molar-refractivity contribution in [2.75, 3.05) is 26.4 Å². The minimum atomic E-state index is -1.98. The highest BCUT2D eigenvalue weighted by Gasteiger charge is 2.72. The lowest BCUT2D eigenvalue weighted by Gasteiger charge is -2.71. The SMILES string of the molecule is CC1OC(OC2C(CO)OC(OCC3OC(OC(=O)C45CCC(C)(C)CC4C4=CCC6C7(C)CCC(OC8OCC(O)C(O)C8OC8OC(C)C(O)C(OC9OC(CO)C(O)C(O)C9O)C8O)C(C)(C)C7CCC6(C)C4(C)CC5O)C(O)C(O)C3O)C(O)C2O)C(O)C(O)C1C. The van der Waals surface area contributed by atoms with Gasteiger partial charge in [0.25, 0.3) is 0 Å². The quantitative estimate of drug-likeness (QED) is 0.0431. The first kappa shape index (κ1) is 75.3. The Balaban J connectivity index is 0.772. The molecule has 0 aromatic rings. The minimum Gasteiger partial charge on any atom is -0.432 e. The molecule has 11 rings (SSSR count). The summed E-state index contributed by atoms with van der Waals surface area (Å²) in [6.45, 7) is 17.6. The van der Waals surface area contributed by atoms with Crippen molar-refractivity contribution in [3.05, 3.63) is 11.6 Å². The van der Waals surface area contributed by atoms with Gasteiger partial charge in [-0.1, -0.05) is 67.0 Å². The summed E-state index contributed by atoms with van der Waals surface area (Å²) in [4.78, 5) is 15.4. The number of hydrogen-bond acceptors (Lipinski definition) is 30. The molecule has 6 aliphatic heterocycles. The normalized spacial score (nSPS) is 54.9. The predicted octanol–water partition coefficient (Wildman–Crippen LogP) is -3.45. The number of hydrogen-bond donors (Lipinski definition) is 17. The van der Waals surface area contributed by atoms with Crippen LogP contribution in [-0.4, -0.2) is 303 Å². The van der Waals surface area contributed by atoms with Gasteiger partial charge in [-0.15, -0.1) is 0 Å². The number of carbonyl (C=O) groups excluding carboxylic acids is 1. The van der Waals surface area contributed by atoms with Gasteiger partial charge < -0.3 is 144 Å². The van der Waals surface area contributed by atoms with Crippen LogP contribution in [0.5, 0.6) is 0 Å². The van der Waals surface area contributed by atoms with E-state index in [-0.39, 0.29) is 42.1 Å². The highest BCUT2D eigenvalue weighted by atomic mass is 16.8. The van der Waals surface area contributed by atoms with Crippen LogP contribution in [0.15, 0.2) is 11.6 Å². The summed E-state index contributed by atoms with van der Waals surface area (Å²) in [5.41, 5.74) is -2.81. The van der Waals surface area contributed by atoms with E-state index in [1.807, 2.05) is 0 Å². The van der Waals surface area contributed by atoms with E-state index >= 15 is 4.79 Å². The Morgan fingerprint density at radius 1 is 0.510 bits per heavy atom. The summed E-state index contributed by atoms with van der Waals surface area (Å²) in [7, 11) is 0. The molecule has 552 valence electrons. The number of rotatable bonds is 15. The maximum Gasteiger partial charge on any atom is 0.317 e. The predicted molar refractivity (Wildman–Crippen MR) is 324 cm³/mol. The Bertz CT molecular complexity index is 2710. The summed E-state index contributed by atoms with van der Waals surface area (Å²) < 4.78 is 71.8. The van der Waals surface area contributed by atoms with Crippen LogP contribution in [0.4, 0.5) is 0 Å². The van der Waals surface area contributed by atoms with Crippen molar-refractivity contribution in [3.63, 3.8) is 0 Å². The lowest BCUT2D eigenvalue weighted by molar-refractivity contribution is -0.382. The van der Waals surface area contributed by atoms with Gasteiger partial charge in [0, 0.05) is 5.92 Å². The van der Waals surface area contributed by atoms with E-state index in [1.54, 1.807) is 13.8 Å². The molecule has 30 nitrogen and oxygen atoms in total. The molecule has 6 heterocycles. The molecule has 0 aromatic heterocycles. The molecule has 17 N–H and O–H groups in total. The fourth-order valence-electron chi connectivity index (χ4n) is 19.2. The molecule has 5 aliphatic carbocycles. The van der Waals surface area contributed by atoms with Gasteiger partial charge >= 0.3 is 5.97 Å². The van der Waals surface area contributed by atoms with Crippen LogP contribution in [0.25, 0.3) is 0 Å². The molecule has 38 unspecified atom stereocenters. The van der Waals surface area contributed by atoms with Gasteiger partial charge in [-0.2, -0.15) is 0 Å². The number of aliphatic hydroxyl groups is 17. The number of allylic oxidation sites excluding steroid dienone is 2. The van der Waals surface area contributed by atoms with Crippen molar-refractivity contribution in [2.45, 2.75) is 311 Å². The van der Waals surface area contributed by atoms with Gasteiger partial charge in [-0.25, -0.2) is 0 Å². The molecule has 96 heavy (non-hydrogen) atoms. The second kappa shape index (κ2) is 27.9. The summed E-state index contributed by atoms with van der Waals surface area (Å²) >= 11 is 0. The Labute approximate surface area is 558 Å². The molecule has 4 saturated carbocycles. The molecule has 0 spiro atoms. The van der Waals surface area contributed by atoms with Gasteiger partial charge in [0.2, 0.25) is 6.29 Å². The molecule has 30 heteroatoms. The monoisotopic (exact) mass is 1380 g/mol. The van der Waals surface area contributed by atoms with Gasteiger partial charge in [-0.3, -0.25) is 4.79 Å². The van der Waals surface area contributed by atoms with Gasteiger partial charge in [-0.05, 0) is 116 Å². The zero-order valence-corrected chi connectivity index (χ0v) is 56.3. The minimum absolute atomic E-state index is 0.0321.